The van der Waals surface area contributed by atoms with Gasteiger partial charge in [-0.25, -0.2) is 0 Å². The average molecular weight is 230 g/mol. The van der Waals surface area contributed by atoms with E-state index in [-0.39, 0.29) is 0 Å². The molecule has 1 aromatic heterocycles. The topological polar surface area (TPSA) is 49.3 Å². The summed E-state index contributed by atoms with van der Waals surface area (Å²) in [5, 5.41) is 3.11. The third-order valence-corrected chi connectivity index (χ3v) is 2.15. The second kappa shape index (κ2) is 5.18. The van der Waals surface area contributed by atoms with Gasteiger partial charge in [-0.2, -0.15) is 0 Å². The first-order valence-electron chi connectivity index (χ1n) is 4.75. The van der Waals surface area contributed by atoms with Gasteiger partial charge in [0.25, 0.3) is 0 Å². The number of rotatable bonds is 3. The van der Waals surface area contributed by atoms with Crippen LogP contribution in [-0.4, -0.2) is 4.98 Å². The zero-order valence-electron chi connectivity index (χ0n) is 8.42. The number of aromatic nitrogens is 1. The molecule has 80 valence electrons. The van der Waals surface area contributed by atoms with E-state index in [9.17, 15) is 0 Å². The molecule has 0 aromatic carbocycles. The molecular weight excluding hydrogens is 220 g/mol. The lowest BCUT2D eigenvalue weighted by molar-refractivity contribution is 0.962. The van der Waals surface area contributed by atoms with Crippen molar-refractivity contribution in [2.45, 2.75) is 0 Å². The number of pyridine rings is 1. The third kappa shape index (κ3) is 2.32. The molecule has 1 aliphatic heterocycles. The fourth-order valence-corrected chi connectivity index (χ4v) is 1.45. The molecule has 1 aliphatic rings. The largest absolute Gasteiger partial charge is 0.360 e. The van der Waals surface area contributed by atoms with Gasteiger partial charge in [-0.1, -0.05) is 12.1 Å². The quantitative estimate of drug-likeness (QED) is 0.775. The van der Waals surface area contributed by atoms with Crippen LogP contribution in [0.25, 0.3) is 5.70 Å². The second-order valence-electron chi connectivity index (χ2n) is 3.07. The van der Waals surface area contributed by atoms with E-state index in [2.05, 4.69) is 32.6 Å². The molecular formula is C11H10N4S. The lowest BCUT2D eigenvalue weighted by atomic mass is 10.2. The van der Waals surface area contributed by atoms with Crippen LogP contribution in [0.5, 0.6) is 0 Å². The Morgan fingerprint density at radius 3 is 2.94 bits per heavy atom. The van der Waals surface area contributed by atoms with Crippen LogP contribution in [0.4, 0.5) is 0 Å². The number of dihydropyridines is 1. The third-order valence-electron chi connectivity index (χ3n) is 2.06. The highest BCUT2D eigenvalue weighted by molar-refractivity contribution is 7.47. The van der Waals surface area contributed by atoms with Crippen molar-refractivity contribution in [2.75, 3.05) is 0 Å². The first kappa shape index (κ1) is 10.5. The monoisotopic (exact) mass is 230 g/mol. The summed E-state index contributed by atoms with van der Waals surface area (Å²) in [5.41, 5.74) is 5.21. The molecule has 2 N–H and O–H groups in total. The molecule has 0 amide bonds. The Hall–Kier alpha value is -2.01. The summed E-state index contributed by atoms with van der Waals surface area (Å²) in [6.45, 7) is 0. The van der Waals surface area contributed by atoms with Crippen molar-refractivity contribution in [3.8, 4) is 0 Å². The van der Waals surface area contributed by atoms with Crippen LogP contribution in [0.3, 0.4) is 0 Å². The van der Waals surface area contributed by atoms with Crippen LogP contribution in [0.2, 0.25) is 0 Å². The minimum atomic E-state index is 0.760. The van der Waals surface area contributed by atoms with Gasteiger partial charge >= 0.3 is 0 Å². The van der Waals surface area contributed by atoms with E-state index in [1.54, 1.807) is 6.20 Å². The normalized spacial score (nSPS) is 16.5. The van der Waals surface area contributed by atoms with E-state index in [0.717, 1.165) is 17.1 Å². The molecule has 5 heteroatoms. The van der Waals surface area contributed by atoms with E-state index < -0.39 is 0 Å². The Morgan fingerprint density at radius 2 is 2.31 bits per heavy atom. The van der Waals surface area contributed by atoms with Crippen LogP contribution in [0.1, 0.15) is 5.69 Å². The number of nitrogens with one attached hydrogen (secondary N) is 2. The Kier molecular flexibility index (Phi) is 3.40. The molecule has 0 atom stereocenters. The number of nitrogens with zero attached hydrogens (tertiary/aromatic N) is 2. The Bertz CT molecular complexity index is 462. The molecule has 0 unspecified atom stereocenters. The van der Waals surface area contributed by atoms with Crippen molar-refractivity contribution in [1.82, 2.24) is 15.7 Å². The molecule has 16 heavy (non-hydrogen) atoms. The van der Waals surface area contributed by atoms with Gasteiger partial charge in [-0.3, -0.25) is 10.4 Å². The summed E-state index contributed by atoms with van der Waals surface area (Å²) >= 11 is 4.58. The number of allylic oxidation sites excluding steroid dienone is 3. The molecule has 4 nitrogen and oxygen atoms in total. The van der Waals surface area contributed by atoms with E-state index in [1.807, 2.05) is 42.6 Å². The van der Waals surface area contributed by atoms with Gasteiger partial charge in [0.05, 0.1) is 23.8 Å². The molecule has 0 radical (unpaired) electrons. The predicted octanol–water partition coefficient (Wildman–Crippen LogP) is 1.66. The molecule has 0 saturated carbocycles. The maximum Gasteiger partial charge on any atom is 0.106 e. The maximum atomic E-state index is 4.58. The highest BCUT2D eigenvalue weighted by Crippen LogP contribution is 2.14. The second-order valence-corrected chi connectivity index (χ2v) is 3.25. The van der Waals surface area contributed by atoms with Crippen molar-refractivity contribution in [2.24, 2.45) is 4.47 Å². The van der Waals surface area contributed by atoms with Crippen LogP contribution in [-0.2, 0) is 12.4 Å². The van der Waals surface area contributed by atoms with E-state index in [1.165, 1.54) is 0 Å². The van der Waals surface area contributed by atoms with Crippen LogP contribution in [0.15, 0.2) is 59.0 Å². The van der Waals surface area contributed by atoms with Gasteiger partial charge in [0.1, 0.15) is 5.70 Å². The number of hydrogen-bond donors (Lipinski definition) is 2. The lowest BCUT2D eigenvalue weighted by Crippen LogP contribution is -2.15. The first-order chi connectivity index (χ1) is 7.92. The molecule has 2 rings (SSSR count). The summed E-state index contributed by atoms with van der Waals surface area (Å²) < 4.78 is 3.53. The zero-order valence-corrected chi connectivity index (χ0v) is 9.24. The minimum Gasteiger partial charge on any atom is -0.360 e. The van der Waals surface area contributed by atoms with Gasteiger partial charge in [-0.05, 0) is 24.3 Å². The van der Waals surface area contributed by atoms with Crippen molar-refractivity contribution in [3.05, 3.63) is 60.2 Å². The Morgan fingerprint density at radius 1 is 1.38 bits per heavy atom. The van der Waals surface area contributed by atoms with E-state index in [0.29, 0.717) is 0 Å². The van der Waals surface area contributed by atoms with Crippen LogP contribution < -0.4 is 10.7 Å². The predicted molar refractivity (Wildman–Crippen MR) is 65.5 cm³/mol. The summed E-state index contributed by atoms with van der Waals surface area (Å²) in [6, 6.07) is 5.67. The molecule has 0 saturated heterocycles. The van der Waals surface area contributed by atoms with Gasteiger partial charge in [0.15, 0.2) is 0 Å². The average Bonchev–Trinajstić information content (AvgIpc) is 2.38. The van der Waals surface area contributed by atoms with Crippen LogP contribution in [0, 0.1) is 0 Å². The molecule has 0 spiro atoms. The SMILES string of the molecule is S=NNC(=C1C=CC=CN1)c1ccccn1. The molecule has 1 aromatic rings. The maximum absolute atomic E-state index is 4.58. The van der Waals surface area contributed by atoms with Gasteiger partial charge < -0.3 is 5.32 Å². The van der Waals surface area contributed by atoms with E-state index >= 15 is 0 Å². The molecule has 2 heterocycles. The van der Waals surface area contributed by atoms with Crippen molar-refractivity contribution < 1.29 is 0 Å². The summed E-state index contributed by atoms with van der Waals surface area (Å²) in [6.07, 6.45) is 9.33. The standard InChI is InChI=1S/C11H10N4S/c16-15-14-11(9-5-1-3-7-12-9)10-6-2-4-8-13-10/h1-8,12H,(H,14,16). The van der Waals surface area contributed by atoms with E-state index in [4.69, 9.17) is 0 Å². The van der Waals surface area contributed by atoms with Crippen LogP contribution >= 0.6 is 0 Å². The number of hydrogen-bond acceptors (Lipinski definition) is 4. The highest BCUT2D eigenvalue weighted by atomic mass is 32.1. The minimum absolute atomic E-state index is 0.760. The molecule has 0 bridgehead atoms. The molecule has 0 aliphatic carbocycles. The lowest BCUT2D eigenvalue weighted by Gasteiger charge is -2.12. The van der Waals surface area contributed by atoms with Gasteiger partial charge in [-0.15, -0.1) is 4.47 Å². The smallest absolute Gasteiger partial charge is 0.106 e. The van der Waals surface area contributed by atoms with Crippen molar-refractivity contribution in [1.29, 1.82) is 0 Å². The Labute approximate surface area is 98.9 Å². The van der Waals surface area contributed by atoms with Crippen molar-refractivity contribution in [3.63, 3.8) is 0 Å². The van der Waals surface area contributed by atoms with Gasteiger partial charge in [0, 0.05) is 12.4 Å². The first-order valence-corrected chi connectivity index (χ1v) is 5.12. The van der Waals surface area contributed by atoms with Gasteiger partial charge in [0.2, 0.25) is 0 Å². The fraction of sp³-hybridized carbons (Fsp3) is 0. The highest BCUT2D eigenvalue weighted by Gasteiger charge is 2.08. The fourth-order valence-electron chi connectivity index (χ4n) is 1.36. The Balaban J connectivity index is 2.41. The zero-order chi connectivity index (χ0) is 11.2. The molecule has 0 fully saturated rings. The summed E-state index contributed by atoms with van der Waals surface area (Å²) in [4.78, 5) is 4.25. The van der Waals surface area contributed by atoms with Crippen molar-refractivity contribution >= 4 is 18.1 Å². The summed E-state index contributed by atoms with van der Waals surface area (Å²) in [5.74, 6) is 0. The summed E-state index contributed by atoms with van der Waals surface area (Å²) in [7, 11) is 0.